The zero-order valence-electron chi connectivity index (χ0n) is 16.9. The summed E-state index contributed by atoms with van der Waals surface area (Å²) in [5.41, 5.74) is -0.469. The maximum absolute atomic E-state index is 12.1. The zero-order chi connectivity index (χ0) is 22.8. The van der Waals surface area contributed by atoms with Crippen molar-refractivity contribution in [1.29, 1.82) is 0 Å². The van der Waals surface area contributed by atoms with Gasteiger partial charge in [-0.25, -0.2) is 19.2 Å². The van der Waals surface area contributed by atoms with E-state index in [1.165, 1.54) is 38.3 Å². The highest BCUT2D eigenvalue weighted by molar-refractivity contribution is 5.96. The summed E-state index contributed by atoms with van der Waals surface area (Å²) in [5, 5.41) is 0. The minimum atomic E-state index is -0.937. The van der Waals surface area contributed by atoms with Crippen molar-refractivity contribution in [2.45, 2.75) is 6.92 Å². The van der Waals surface area contributed by atoms with Crippen LogP contribution >= 0.6 is 0 Å². The molecule has 164 valence electrons. The maximum Gasteiger partial charge on any atom is 0.374 e. The highest BCUT2D eigenvalue weighted by Gasteiger charge is 2.17. The number of hydrogen-bond donors (Lipinski definition) is 0. The van der Waals surface area contributed by atoms with Gasteiger partial charge in [0.1, 0.15) is 19.8 Å². The van der Waals surface area contributed by atoms with Crippen LogP contribution in [0.4, 0.5) is 0 Å². The number of hydrogen-bond acceptors (Lipinski definition) is 10. The third kappa shape index (κ3) is 7.19. The van der Waals surface area contributed by atoms with E-state index in [9.17, 15) is 24.0 Å². The molecule has 0 radical (unpaired) electrons. The van der Waals surface area contributed by atoms with Crippen molar-refractivity contribution in [2.75, 3.05) is 33.5 Å². The molecule has 10 nitrogen and oxygen atoms in total. The average molecular weight is 432 g/mol. The minimum absolute atomic E-state index is 0.0590. The third-order valence-electron chi connectivity index (χ3n) is 3.80. The second-order valence-corrected chi connectivity index (χ2v) is 6.06. The van der Waals surface area contributed by atoms with Gasteiger partial charge in [-0.1, -0.05) is 12.1 Å². The van der Waals surface area contributed by atoms with Crippen molar-refractivity contribution in [3.8, 4) is 0 Å². The van der Waals surface area contributed by atoms with E-state index >= 15 is 0 Å². The van der Waals surface area contributed by atoms with E-state index in [0.717, 1.165) is 12.1 Å². The monoisotopic (exact) mass is 432 g/mol. The van der Waals surface area contributed by atoms with Crippen LogP contribution in [0.25, 0.3) is 0 Å². The van der Waals surface area contributed by atoms with Crippen LogP contribution in [0, 0.1) is 0 Å². The van der Waals surface area contributed by atoms with E-state index in [2.05, 4.69) is 0 Å². The Morgan fingerprint density at radius 1 is 0.742 bits per heavy atom. The van der Waals surface area contributed by atoms with Gasteiger partial charge in [0.15, 0.2) is 5.78 Å². The van der Waals surface area contributed by atoms with E-state index in [0.29, 0.717) is 5.56 Å². The number of rotatable bonds is 10. The lowest BCUT2D eigenvalue weighted by atomic mass is 10.1. The molecule has 0 saturated carbocycles. The van der Waals surface area contributed by atoms with Crippen LogP contribution in [0.15, 0.2) is 45.6 Å². The summed E-state index contributed by atoms with van der Waals surface area (Å²) in [4.78, 5) is 58.7. The SMILES string of the molecule is COCCOC(=O)c1cc(C(=O)OCCOC(=O)c2ccc(C(C)=O)cc2)cc(=O)o1. The maximum atomic E-state index is 12.1. The number of ketones is 1. The van der Waals surface area contributed by atoms with Gasteiger partial charge in [0, 0.05) is 24.8 Å². The smallest absolute Gasteiger partial charge is 0.374 e. The fourth-order valence-electron chi connectivity index (χ4n) is 2.26. The van der Waals surface area contributed by atoms with E-state index in [1.54, 1.807) is 0 Å². The molecular formula is C21H20O10. The summed E-state index contributed by atoms with van der Waals surface area (Å²) in [6.07, 6.45) is 0. The number of carbonyl (C=O) groups excluding carboxylic acids is 4. The van der Waals surface area contributed by atoms with Gasteiger partial charge in [-0.05, 0) is 19.1 Å². The molecule has 0 fully saturated rings. The topological polar surface area (TPSA) is 135 Å². The molecule has 0 aliphatic carbocycles. The lowest BCUT2D eigenvalue weighted by Crippen LogP contribution is -2.17. The van der Waals surface area contributed by atoms with Gasteiger partial charge in [-0.3, -0.25) is 4.79 Å². The van der Waals surface area contributed by atoms with Crippen molar-refractivity contribution in [1.82, 2.24) is 0 Å². The molecule has 0 unspecified atom stereocenters. The first-order valence-corrected chi connectivity index (χ1v) is 9.08. The molecule has 0 aliphatic heterocycles. The number of methoxy groups -OCH3 is 1. The summed E-state index contributed by atoms with van der Waals surface area (Å²) in [6.45, 7) is 0.968. The van der Waals surface area contributed by atoms with E-state index in [1.807, 2.05) is 0 Å². The van der Waals surface area contributed by atoms with E-state index in [4.69, 9.17) is 23.4 Å². The largest absolute Gasteiger partial charge is 0.458 e. The summed E-state index contributed by atoms with van der Waals surface area (Å²) >= 11 is 0. The first-order chi connectivity index (χ1) is 14.8. The van der Waals surface area contributed by atoms with Gasteiger partial charge in [0.2, 0.25) is 5.76 Å². The molecule has 1 heterocycles. The Hall–Kier alpha value is -3.79. The quantitative estimate of drug-likeness (QED) is 0.236. The summed E-state index contributed by atoms with van der Waals surface area (Å²) in [5.74, 6) is -3.11. The van der Waals surface area contributed by atoms with Crippen molar-refractivity contribution in [3.05, 3.63) is 69.3 Å². The Bertz CT molecular complexity index is 1000. The second kappa shape index (κ2) is 11.4. The van der Waals surface area contributed by atoms with Gasteiger partial charge >= 0.3 is 23.5 Å². The van der Waals surface area contributed by atoms with Gasteiger partial charge in [0.25, 0.3) is 0 Å². The first-order valence-electron chi connectivity index (χ1n) is 9.08. The van der Waals surface area contributed by atoms with Crippen LogP contribution in [0.1, 0.15) is 48.6 Å². The molecule has 0 spiro atoms. The molecular weight excluding hydrogens is 412 g/mol. The van der Waals surface area contributed by atoms with Crippen LogP contribution in [-0.2, 0) is 18.9 Å². The molecule has 0 amide bonds. The Morgan fingerprint density at radius 3 is 1.84 bits per heavy atom. The van der Waals surface area contributed by atoms with Crippen LogP contribution < -0.4 is 5.63 Å². The molecule has 0 aliphatic rings. The lowest BCUT2D eigenvalue weighted by molar-refractivity contribution is 0.0263. The molecule has 31 heavy (non-hydrogen) atoms. The minimum Gasteiger partial charge on any atom is -0.458 e. The van der Waals surface area contributed by atoms with Crippen LogP contribution in [0.5, 0.6) is 0 Å². The molecule has 0 atom stereocenters. The fraction of sp³-hybridized carbons (Fsp3) is 0.286. The number of ether oxygens (including phenoxy) is 4. The molecule has 0 bridgehead atoms. The van der Waals surface area contributed by atoms with Crippen molar-refractivity contribution >= 4 is 23.7 Å². The Morgan fingerprint density at radius 2 is 1.26 bits per heavy atom. The zero-order valence-corrected chi connectivity index (χ0v) is 16.9. The molecule has 1 aromatic heterocycles. The predicted octanol–water partition coefficient (Wildman–Crippen LogP) is 1.66. The Kier molecular flexibility index (Phi) is 8.64. The Balaban J connectivity index is 1.86. The summed E-state index contributed by atoms with van der Waals surface area (Å²) < 4.78 is 24.2. The van der Waals surface area contributed by atoms with Crippen LogP contribution in [-0.4, -0.2) is 57.2 Å². The third-order valence-corrected chi connectivity index (χ3v) is 3.80. The second-order valence-electron chi connectivity index (χ2n) is 6.06. The van der Waals surface area contributed by atoms with E-state index in [-0.39, 0.29) is 43.3 Å². The molecule has 2 aromatic rings. The summed E-state index contributed by atoms with van der Waals surface area (Å²) in [6, 6.07) is 7.76. The van der Waals surface area contributed by atoms with Gasteiger partial charge in [-0.2, -0.15) is 0 Å². The van der Waals surface area contributed by atoms with E-state index < -0.39 is 29.3 Å². The van der Waals surface area contributed by atoms with Crippen molar-refractivity contribution < 1.29 is 42.5 Å². The fourth-order valence-corrected chi connectivity index (χ4v) is 2.26. The predicted molar refractivity (Wildman–Crippen MR) is 104 cm³/mol. The molecule has 10 heteroatoms. The van der Waals surface area contributed by atoms with Crippen molar-refractivity contribution in [3.63, 3.8) is 0 Å². The number of carbonyl (C=O) groups is 4. The normalized spacial score (nSPS) is 10.3. The van der Waals surface area contributed by atoms with Gasteiger partial charge in [-0.15, -0.1) is 0 Å². The Labute approximate surface area is 176 Å². The van der Waals surface area contributed by atoms with Crippen molar-refractivity contribution in [2.24, 2.45) is 0 Å². The standard InChI is InChI=1S/C21H20O10/c1-13(22)14-3-5-15(6-4-14)19(24)28-9-10-29-20(25)16-11-17(31-18(23)12-16)21(26)30-8-7-27-2/h3-6,11-12H,7-10H2,1-2H3. The first kappa shape index (κ1) is 23.5. The molecule has 0 N–H and O–H groups in total. The highest BCUT2D eigenvalue weighted by Crippen LogP contribution is 2.08. The number of benzene rings is 1. The highest BCUT2D eigenvalue weighted by atomic mass is 16.6. The van der Waals surface area contributed by atoms with Crippen LogP contribution in [0.3, 0.4) is 0 Å². The molecule has 2 rings (SSSR count). The number of Topliss-reactive ketones (excluding diaryl/α,β-unsaturated/α-hetero) is 1. The molecule has 0 saturated heterocycles. The number of esters is 3. The van der Waals surface area contributed by atoms with Gasteiger partial charge in [0.05, 0.1) is 17.7 Å². The lowest BCUT2D eigenvalue weighted by Gasteiger charge is -2.07. The van der Waals surface area contributed by atoms with Gasteiger partial charge < -0.3 is 23.4 Å². The summed E-state index contributed by atoms with van der Waals surface area (Å²) in [7, 11) is 1.42. The molecule has 1 aromatic carbocycles. The average Bonchev–Trinajstić information content (AvgIpc) is 2.76. The van der Waals surface area contributed by atoms with Crippen LogP contribution in [0.2, 0.25) is 0 Å².